The Balaban J connectivity index is 1.40. The van der Waals surface area contributed by atoms with Gasteiger partial charge < -0.3 is 9.64 Å². The molecular formula is C32H35F5N6O4S. The molecule has 0 aliphatic carbocycles. The lowest BCUT2D eigenvalue weighted by molar-refractivity contribution is -0.145. The number of ether oxygens (including phenoxy) is 1. The minimum Gasteiger partial charge on any atom is -0.466 e. The first kappa shape index (κ1) is 34.0. The van der Waals surface area contributed by atoms with Gasteiger partial charge >= 0.3 is 12.1 Å². The van der Waals surface area contributed by atoms with Crippen molar-refractivity contribution < 1.29 is 40.6 Å². The van der Waals surface area contributed by atoms with E-state index in [0.717, 1.165) is 9.96 Å². The Morgan fingerprint density at radius 1 is 1.17 bits per heavy atom. The van der Waals surface area contributed by atoms with Crippen LogP contribution in [0.4, 0.5) is 27.8 Å². The Morgan fingerprint density at radius 3 is 2.67 bits per heavy atom. The number of aryl methyl sites for hydroxylation is 2. The summed E-state index contributed by atoms with van der Waals surface area (Å²) in [7, 11) is -3.68. The van der Waals surface area contributed by atoms with Crippen LogP contribution in [0.5, 0.6) is 0 Å². The van der Waals surface area contributed by atoms with E-state index in [2.05, 4.69) is 15.2 Å². The minimum atomic E-state index is -4.72. The smallest absolute Gasteiger partial charge is 0.452 e. The van der Waals surface area contributed by atoms with Crippen molar-refractivity contribution >= 4 is 28.2 Å². The largest absolute Gasteiger partial charge is 0.466 e. The number of hydrogen-bond donors (Lipinski definition) is 2. The van der Waals surface area contributed by atoms with Crippen LogP contribution in [0.2, 0.25) is 0 Å². The average Bonchev–Trinajstić information content (AvgIpc) is 3.45. The van der Waals surface area contributed by atoms with Gasteiger partial charge in [0.05, 0.1) is 19.6 Å². The Bertz CT molecular complexity index is 1850. The fourth-order valence-electron chi connectivity index (χ4n) is 6.60. The summed E-state index contributed by atoms with van der Waals surface area (Å²) in [6.45, 7) is 4.78. The highest BCUT2D eigenvalue weighted by atomic mass is 32.3. The van der Waals surface area contributed by atoms with Gasteiger partial charge in [0, 0.05) is 43.9 Å². The van der Waals surface area contributed by atoms with Gasteiger partial charge in [-0.1, -0.05) is 18.2 Å². The van der Waals surface area contributed by atoms with Crippen molar-refractivity contribution in [3.05, 3.63) is 82.4 Å². The molecule has 16 heteroatoms. The van der Waals surface area contributed by atoms with Crippen LogP contribution in [0, 0.1) is 13.8 Å². The molecule has 4 aromatic rings. The molecule has 0 amide bonds. The topological polar surface area (TPSA) is 116 Å². The zero-order valence-electron chi connectivity index (χ0n) is 26.4. The number of piperidine rings is 1. The van der Waals surface area contributed by atoms with Gasteiger partial charge in [0.2, 0.25) is 5.82 Å². The van der Waals surface area contributed by atoms with Crippen LogP contribution in [-0.2, 0) is 22.3 Å². The molecule has 1 fully saturated rings. The van der Waals surface area contributed by atoms with Crippen molar-refractivity contribution in [1.29, 1.82) is 0 Å². The molecule has 2 N–H and O–H groups in total. The molecule has 1 saturated heterocycles. The molecule has 0 spiro atoms. The van der Waals surface area contributed by atoms with Crippen LogP contribution < -0.4 is 4.90 Å². The predicted molar refractivity (Wildman–Crippen MR) is 168 cm³/mol. The number of rotatable bonds is 7. The Morgan fingerprint density at radius 2 is 1.94 bits per heavy atom. The summed E-state index contributed by atoms with van der Waals surface area (Å²) in [5.41, 5.74) is 3.06. The second-order valence-corrected chi connectivity index (χ2v) is 14.2. The summed E-state index contributed by atoms with van der Waals surface area (Å²) in [5.74, 6) is -5.17. The van der Waals surface area contributed by atoms with Gasteiger partial charge in [-0.25, -0.2) is 13.8 Å². The predicted octanol–water partition coefficient (Wildman–Crippen LogP) is 6.99. The number of anilines is 1. The number of alkyl halides is 5. The summed E-state index contributed by atoms with van der Waals surface area (Å²) in [6.07, 6.45) is -2.40. The third-order valence-corrected chi connectivity index (χ3v) is 11.0. The number of nitrogens with zero attached hydrogens (tertiary/aromatic N) is 6. The van der Waals surface area contributed by atoms with Gasteiger partial charge in [-0.05, 0) is 73.2 Å². The number of fused-ring (bicyclic) bond motifs is 4. The van der Waals surface area contributed by atoms with Crippen molar-refractivity contribution in [2.75, 3.05) is 24.6 Å². The molecule has 6 rings (SSSR count). The SMILES string of the molecule is CCOC(=O)CC(c1ccc(C)c(CN2CC3CCC(F)(F)CN3c3ncccc3S2(O)O)c1)c1ccn2c(C(F)(F)F)nnc2c1C. The number of carbonyl (C=O) groups is 1. The molecular weight excluding hydrogens is 659 g/mol. The van der Waals surface area contributed by atoms with E-state index in [1.165, 1.54) is 39.8 Å². The lowest BCUT2D eigenvalue weighted by Crippen LogP contribution is -2.52. The standard InChI is InChI=1S/C32H35F5N6O4S/c1-4-47-27(44)15-25(24-10-13-42-28(20(24)3)39-40-30(42)32(35,36)37)21-8-7-19(2)22(14-21)16-41-17-23-9-11-31(33,34)18-43(23)29-26(48(41,45)46)6-5-12-38-29/h5-8,10,12-14,23,25,45-46H,4,9,11,15-18H2,1-3H3. The first-order valence-electron chi connectivity index (χ1n) is 15.4. The normalized spacial score (nSPS) is 20.5. The lowest BCUT2D eigenvalue weighted by Gasteiger charge is -2.43. The zero-order chi connectivity index (χ0) is 34.6. The number of esters is 1. The summed E-state index contributed by atoms with van der Waals surface area (Å²) in [4.78, 5) is 18.7. The molecule has 258 valence electrons. The van der Waals surface area contributed by atoms with E-state index in [-0.39, 0.29) is 55.3 Å². The van der Waals surface area contributed by atoms with Crippen molar-refractivity contribution in [1.82, 2.24) is 23.9 Å². The molecule has 5 heterocycles. The molecule has 2 aliphatic rings. The highest BCUT2D eigenvalue weighted by Gasteiger charge is 2.46. The van der Waals surface area contributed by atoms with Gasteiger partial charge in [-0.15, -0.1) is 21.0 Å². The van der Waals surface area contributed by atoms with Crippen LogP contribution in [0.3, 0.4) is 0 Å². The van der Waals surface area contributed by atoms with Crippen molar-refractivity contribution in [2.45, 2.75) is 75.5 Å². The van der Waals surface area contributed by atoms with E-state index in [1.54, 1.807) is 13.8 Å². The van der Waals surface area contributed by atoms with Crippen LogP contribution >= 0.6 is 10.8 Å². The Hall–Kier alpha value is -3.86. The summed E-state index contributed by atoms with van der Waals surface area (Å²) in [5, 5.41) is 7.14. The van der Waals surface area contributed by atoms with E-state index < -0.39 is 53.2 Å². The number of benzene rings is 1. The van der Waals surface area contributed by atoms with Gasteiger partial charge in [0.1, 0.15) is 4.90 Å². The van der Waals surface area contributed by atoms with Crippen LogP contribution in [0.25, 0.3) is 5.65 Å². The Labute approximate surface area is 275 Å². The molecule has 0 bridgehead atoms. The van der Waals surface area contributed by atoms with Crippen molar-refractivity contribution in [3.63, 3.8) is 0 Å². The third kappa shape index (κ3) is 6.33. The lowest BCUT2D eigenvalue weighted by atomic mass is 9.85. The molecule has 0 saturated carbocycles. The average molecular weight is 695 g/mol. The molecule has 10 nitrogen and oxygen atoms in total. The fourth-order valence-corrected chi connectivity index (χ4v) is 8.26. The van der Waals surface area contributed by atoms with Crippen LogP contribution in [0.15, 0.2) is 53.7 Å². The maximum Gasteiger partial charge on any atom is 0.452 e. The first-order valence-corrected chi connectivity index (χ1v) is 16.9. The monoisotopic (exact) mass is 694 g/mol. The second-order valence-electron chi connectivity index (χ2n) is 12.2. The molecule has 3 aromatic heterocycles. The maximum absolute atomic E-state index is 14.6. The number of halogens is 5. The quantitative estimate of drug-likeness (QED) is 0.156. The Kier molecular flexibility index (Phi) is 8.89. The van der Waals surface area contributed by atoms with Crippen LogP contribution in [0.1, 0.15) is 65.7 Å². The van der Waals surface area contributed by atoms with E-state index in [1.807, 2.05) is 25.1 Å². The van der Waals surface area contributed by atoms with Gasteiger partial charge in [-0.2, -0.15) is 17.5 Å². The number of pyridine rings is 2. The highest BCUT2D eigenvalue weighted by Crippen LogP contribution is 2.58. The summed E-state index contributed by atoms with van der Waals surface area (Å²) >= 11 is 0. The highest BCUT2D eigenvalue weighted by molar-refractivity contribution is 8.22. The first-order chi connectivity index (χ1) is 22.6. The molecule has 48 heavy (non-hydrogen) atoms. The molecule has 0 radical (unpaired) electrons. The summed E-state index contributed by atoms with van der Waals surface area (Å²) in [6, 6.07) is 9.53. The molecule has 2 aliphatic heterocycles. The molecule has 2 atom stereocenters. The van der Waals surface area contributed by atoms with E-state index in [0.29, 0.717) is 22.3 Å². The van der Waals surface area contributed by atoms with E-state index >= 15 is 0 Å². The van der Waals surface area contributed by atoms with Crippen molar-refractivity contribution in [2.24, 2.45) is 0 Å². The number of aromatic nitrogens is 4. The van der Waals surface area contributed by atoms with Gasteiger partial charge in [0.25, 0.3) is 5.92 Å². The van der Waals surface area contributed by atoms with E-state index in [9.17, 15) is 35.9 Å². The third-order valence-electron chi connectivity index (χ3n) is 9.07. The zero-order valence-corrected chi connectivity index (χ0v) is 27.2. The molecule has 2 unspecified atom stereocenters. The molecule has 1 aromatic carbocycles. The number of hydrogen-bond acceptors (Lipinski definition) is 9. The van der Waals surface area contributed by atoms with Crippen molar-refractivity contribution in [3.8, 4) is 0 Å². The minimum absolute atomic E-state index is 0.00517. The van der Waals surface area contributed by atoms with Gasteiger partial charge in [-0.3, -0.25) is 18.3 Å². The van der Waals surface area contributed by atoms with Gasteiger partial charge in [0.15, 0.2) is 11.5 Å². The second kappa shape index (κ2) is 12.5. The maximum atomic E-state index is 14.6. The number of carbonyl (C=O) groups excluding carboxylic acids is 1. The van der Waals surface area contributed by atoms with E-state index in [4.69, 9.17) is 4.74 Å². The van der Waals surface area contributed by atoms with Crippen LogP contribution in [-0.4, -0.2) is 70.6 Å². The fraction of sp³-hybridized carbons (Fsp3) is 0.438. The summed E-state index contributed by atoms with van der Waals surface area (Å²) < 4.78 is 101.